The first-order chi connectivity index (χ1) is 10.3. The average molecular weight is 279 g/mol. The lowest BCUT2D eigenvalue weighted by molar-refractivity contribution is 0.277. The summed E-state index contributed by atoms with van der Waals surface area (Å²) in [6, 6.07) is 18.3. The summed E-state index contributed by atoms with van der Waals surface area (Å²) in [5, 5.41) is 17.8. The topological polar surface area (TPSA) is 50.9 Å². The molecule has 0 radical (unpaired) electrons. The molecule has 0 saturated heterocycles. The first kappa shape index (κ1) is 13.5. The molecule has 0 saturated carbocycles. The van der Waals surface area contributed by atoms with Crippen molar-refractivity contribution in [2.75, 3.05) is 0 Å². The van der Waals surface area contributed by atoms with Crippen LogP contribution < -0.4 is 0 Å². The molecule has 1 N–H and O–H groups in total. The Bertz CT molecular complexity index is 735. The predicted molar refractivity (Wildman–Crippen MR) is 81.7 cm³/mol. The van der Waals surface area contributed by atoms with Gasteiger partial charge in [0.1, 0.15) is 5.69 Å². The minimum absolute atomic E-state index is 0.113. The van der Waals surface area contributed by atoms with Crippen molar-refractivity contribution in [3.8, 4) is 11.3 Å². The first-order valence-electron chi connectivity index (χ1n) is 6.92. The molecule has 0 amide bonds. The highest BCUT2D eigenvalue weighted by Crippen LogP contribution is 2.24. The Hall–Kier alpha value is -2.46. The first-order valence-corrected chi connectivity index (χ1v) is 6.92. The van der Waals surface area contributed by atoms with Crippen LogP contribution in [-0.2, 0) is 13.2 Å². The second-order valence-corrected chi connectivity index (χ2v) is 5.06. The number of benzene rings is 2. The number of aryl methyl sites for hydroxylation is 1. The molecule has 3 aromatic rings. The van der Waals surface area contributed by atoms with E-state index in [1.165, 1.54) is 5.56 Å². The van der Waals surface area contributed by atoms with Gasteiger partial charge in [0.25, 0.3) is 0 Å². The van der Waals surface area contributed by atoms with Crippen LogP contribution in [0.1, 0.15) is 16.8 Å². The minimum Gasteiger partial charge on any atom is -0.390 e. The molecule has 21 heavy (non-hydrogen) atoms. The fourth-order valence-corrected chi connectivity index (χ4v) is 2.43. The lowest BCUT2D eigenvalue weighted by Gasteiger charge is -2.08. The highest BCUT2D eigenvalue weighted by Gasteiger charge is 2.14. The van der Waals surface area contributed by atoms with Crippen molar-refractivity contribution in [1.29, 1.82) is 0 Å². The van der Waals surface area contributed by atoms with E-state index >= 15 is 0 Å². The number of aromatic nitrogens is 3. The lowest BCUT2D eigenvalue weighted by Crippen LogP contribution is -2.04. The van der Waals surface area contributed by atoms with Crippen LogP contribution >= 0.6 is 0 Å². The van der Waals surface area contributed by atoms with Crippen LogP contribution in [0, 0.1) is 6.92 Å². The molecule has 0 aliphatic carbocycles. The molecule has 0 unspecified atom stereocenters. The summed E-state index contributed by atoms with van der Waals surface area (Å²) in [5.74, 6) is 0. The van der Waals surface area contributed by atoms with Crippen LogP contribution in [0.3, 0.4) is 0 Å². The number of hydrogen-bond donors (Lipinski definition) is 1. The maximum absolute atomic E-state index is 9.51. The highest BCUT2D eigenvalue weighted by molar-refractivity contribution is 5.62. The van der Waals surface area contributed by atoms with E-state index in [9.17, 15) is 5.11 Å². The van der Waals surface area contributed by atoms with E-state index in [1.807, 2.05) is 48.0 Å². The summed E-state index contributed by atoms with van der Waals surface area (Å²) < 4.78 is 1.84. The normalized spacial score (nSPS) is 10.8. The van der Waals surface area contributed by atoms with E-state index in [1.54, 1.807) is 0 Å². The standard InChI is InChI=1S/C17H17N3O/c1-13-6-5-9-15(10-13)17-16(12-21)18-19-20(17)11-14-7-3-2-4-8-14/h2-10,21H,11-12H2,1H3. The van der Waals surface area contributed by atoms with E-state index in [-0.39, 0.29) is 6.61 Å². The van der Waals surface area contributed by atoms with Crippen LogP contribution in [0.25, 0.3) is 11.3 Å². The van der Waals surface area contributed by atoms with Gasteiger partial charge in [-0.15, -0.1) is 5.10 Å². The fourth-order valence-electron chi connectivity index (χ4n) is 2.43. The Morgan fingerprint density at radius 2 is 1.86 bits per heavy atom. The monoisotopic (exact) mass is 279 g/mol. The second-order valence-electron chi connectivity index (χ2n) is 5.06. The summed E-state index contributed by atoms with van der Waals surface area (Å²) in [7, 11) is 0. The minimum atomic E-state index is -0.113. The number of aliphatic hydroxyl groups excluding tert-OH is 1. The molecule has 0 spiro atoms. The molecule has 3 rings (SSSR count). The van der Waals surface area contributed by atoms with Gasteiger partial charge < -0.3 is 5.11 Å². The molecule has 2 aromatic carbocycles. The zero-order chi connectivity index (χ0) is 14.7. The maximum Gasteiger partial charge on any atom is 0.116 e. The number of aliphatic hydroxyl groups is 1. The van der Waals surface area contributed by atoms with E-state index < -0.39 is 0 Å². The molecule has 0 fully saturated rings. The Labute approximate surface area is 123 Å². The molecular weight excluding hydrogens is 262 g/mol. The third-order valence-electron chi connectivity index (χ3n) is 3.42. The van der Waals surface area contributed by atoms with Gasteiger partial charge in [-0.3, -0.25) is 0 Å². The van der Waals surface area contributed by atoms with Crippen LogP contribution in [0.5, 0.6) is 0 Å². The molecule has 0 aliphatic rings. The maximum atomic E-state index is 9.51. The van der Waals surface area contributed by atoms with Crippen LogP contribution in [0.2, 0.25) is 0 Å². The predicted octanol–water partition coefficient (Wildman–Crippen LogP) is 2.79. The van der Waals surface area contributed by atoms with Crippen molar-refractivity contribution in [3.63, 3.8) is 0 Å². The molecule has 1 aromatic heterocycles. The van der Waals surface area contributed by atoms with E-state index in [4.69, 9.17) is 0 Å². The van der Waals surface area contributed by atoms with Crippen molar-refractivity contribution in [1.82, 2.24) is 15.0 Å². The summed E-state index contributed by atoms with van der Waals surface area (Å²) >= 11 is 0. The van der Waals surface area contributed by atoms with Crippen LogP contribution in [0.15, 0.2) is 54.6 Å². The molecule has 0 bridgehead atoms. The van der Waals surface area contributed by atoms with Crippen molar-refractivity contribution in [2.24, 2.45) is 0 Å². The van der Waals surface area contributed by atoms with Gasteiger partial charge in [0.2, 0.25) is 0 Å². The number of hydrogen-bond acceptors (Lipinski definition) is 3. The Morgan fingerprint density at radius 1 is 1.05 bits per heavy atom. The molecular formula is C17H17N3O. The number of rotatable bonds is 4. The smallest absolute Gasteiger partial charge is 0.116 e. The third kappa shape index (κ3) is 2.85. The largest absolute Gasteiger partial charge is 0.390 e. The zero-order valence-electron chi connectivity index (χ0n) is 11.9. The third-order valence-corrected chi connectivity index (χ3v) is 3.42. The van der Waals surface area contributed by atoms with Crippen molar-refractivity contribution < 1.29 is 5.11 Å². The van der Waals surface area contributed by atoms with Crippen LogP contribution in [-0.4, -0.2) is 20.1 Å². The fraction of sp³-hybridized carbons (Fsp3) is 0.176. The Balaban J connectivity index is 2.04. The van der Waals surface area contributed by atoms with Crippen molar-refractivity contribution in [3.05, 3.63) is 71.4 Å². The quantitative estimate of drug-likeness (QED) is 0.799. The van der Waals surface area contributed by atoms with Crippen molar-refractivity contribution in [2.45, 2.75) is 20.1 Å². The Kier molecular flexibility index (Phi) is 3.79. The lowest BCUT2D eigenvalue weighted by atomic mass is 10.1. The van der Waals surface area contributed by atoms with E-state index in [2.05, 4.69) is 28.5 Å². The summed E-state index contributed by atoms with van der Waals surface area (Å²) in [6.07, 6.45) is 0. The van der Waals surface area contributed by atoms with Gasteiger partial charge in [-0.2, -0.15) is 0 Å². The summed E-state index contributed by atoms with van der Waals surface area (Å²) in [4.78, 5) is 0. The van der Waals surface area contributed by atoms with E-state index in [0.29, 0.717) is 12.2 Å². The van der Waals surface area contributed by atoms with Gasteiger partial charge in [0.15, 0.2) is 0 Å². The Morgan fingerprint density at radius 3 is 2.57 bits per heavy atom. The van der Waals surface area contributed by atoms with E-state index in [0.717, 1.165) is 16.8 Å². The molecule has 1 heterocycles. The SMILES string of the molecule is Cc1cccc(-c2c(CO)nnn2Cc2ccccc2)c1. The summed E-state index contributed by atoms with van der Waals surface area (Å²) in [6.45, 7) is 2.57. The average Bonchev–Trinajstić information content (AvgIpc) is 2.91. The molecule has 0 aliphatic heterocycles. The van der Waals surface area contributed by atoms with Gasteiger partial charge in [-0.05, 0) is 18.6 Å². The number of nitrogens with zero attached hydrogens (tertiary/aromatic N) is 3. The molecule has 4 heteroatoms. The van der Waals surface area contributed by atoms with Gasteiger partial charge in [0.05, 0.1) is 18.8 Å². The van der Waals surface area contributed by atoms with Gasteiger partial charge >= 0.3 is 0 Å². The zero-order valence-corrected chi connectivity index (χ0v) is 11.9. The van der Waals surface area contributed by atoms with Gasteiger partial charge in [0, 0.05) is 5.56 Å². The molecule has 0 atom stereocenters. The van der Waals surface area contributed by atoms with Crippen molar-refractivity contribution >= 4 is 0 Å². The molecule has 106 valence electrons. The summed E-state index contributed by atoms with van der Waals surface area (Å²) in [5.41, 5.74) is 4.84. The second kappa shape index (κ2) is 5.89. The van der Waals surface area contributed by atoms with Gasteiger partial charge in [-0.25, -0.2) is 4.68 Å². The van der Waals surface area contributed by atoms with Gasteiger partial charge in [-0.1, -0.05) is 59.3 Å². The van der Waals surface area contributed by atoms with Crippen LogP contribution in [0.4, 0.5) is 0 Å². The highest BCUT2D eigenvalue weighted by atomic mass is 16.3. The molecule has 4 nitrogen and oxygen atoms in total.